The maximum absolute atomic E-state index is 12.6. The zero-order chi connectivity index (χ0) is 19.6. The third kappa shape index (κ3) is 4.48. The van der Waals surface area contributed by atoms with E-state index in [0.717, 1.165) is 0 Å². The molecule has 27 heavy (non-hydrogen) atoms. The van der Waals surface area contributed by atoms with E-state index in [1.165, 1.54) is 36.4 Å². The van der Waals surface area contributed by atoms with E-state index < -0.39 is 18.7 Å². The first kappa shape index (κ1) is 18.5. The largest absolute Gasteiger partial charge is 0.524 e. The molecule has 3 N–H and O–H groups in total. The predicted octanol–water partition coefficient (Wildman–Crippen LogP) is 3.47. The molecule has 0 aromatic heterocycles. The predicted molar refractivity (Wildman–Crippen MR) is 97.7 cm³/mol. The van der Waals surface area contributed by atoms with Gasteiger partial charge in [0.1, 0.15) is 5.75 Å². The number of nitrogens with zero attached hydrogens (tertiary/aromatic N) is 1. The topological polar surface area (TPSA) is 139 Å². The van der Waals surface area contributed by atoms with Crippen LogP contribution in [0.1, 0.15) is 10.4 Å². The third-order valence-corrected chi connectivity index (χ3v) is 4.06. The van der Waals surface area contributed by atoms with Crippen LogP contribution in [0, 0.1) is 10.1 Å². The number of hydrogen-bond acceptors (Lipinski definition) is 5. The Bertz CT molecular complexity index is 1090. The first-order chi connectivity index (χ1) is 12.7. The molecular formula is C17H13N2O7P. The van der Waals surface area contributed by atoms with E-state index >= 15 is 0 Å². The Morgan fingerprint density at radius 2 is 1.70 bits per heavy atom. The summed E-state index contributed by atoms with van der Waals surface area (Å²) in [5.74, 6) is -1.03. The lowest BCUT2D eigenvalue weighted by Crippen LogP contribution is -2.13. The van der Waals surface area contributed by atoms with Crippen molar-refractivity contribution < 1.29 is 28.6 Å². The molecule has 3 aromatic rings. The molecule has 0 unspecified atom stereocenters. The summed E-state index contributed by atoms with van der Waals surface area (Å²) in [7, 11) is -4.90. The van der Waals surface area contributed by atoms with Crippen molar-refractivity contribution in [1.82, 2.24) is 0 Å². The number of nitro groups is 1. The smallest absolute Gasteiger partial charge is 0.403 e. The highest BCUT2D eigenvalue weighted by atomic mass is 31.2. The van der Waals surface area contributed by atoms with Gasteiger partial charge < -0.3 is 9.84 Å². The number of carbonyl (C=O) groups excluding carboxylic acids is 1. The SMILES string of the molecule is O=C(Nc1cccc([N+](=O)[O-])c1)c1cc2ccccc2cc1OP(=O)(O)O. The standard InChI is InChI=1S/C17H13N2O7P/c20-17(18-13-6-3-7-14(10-13)19(21)22)15-8-11-4-1-2-5-12(11)9-16(15)26-27(23,24)25/h1-10H,(H,18,20)(H2,23,24,25). The van der Waals surface area contributed by atoms with Gasteiger partial charge in [-0.1, -0.05) is 30.3 Å². The Kier molecular flexibility index (Phi) is 4.91. The summed E-state index contributed by atoms with van der Waals surface area (Å²) in [5, 5.41) is 14.6. The molecule has 0 atom stereocenters. The first-order valence-electron chi connectivity index (χ1n) is 7.57. The lowest BCUT2D eigenvalue weighted by molar-refractivity contribution is -0.384. The van der Waals surface area contributed by atoms with Gasteiger partial charge in [-0.05, 0) is 29.0 Å². The van der Waals surface area contributed by atoms with Crippen LogP contribution >= 0.6 is 7.82 Å². The molecule has 0 aliphatic heterocycles. The Morgan fingerprint density at radius 1 is 1.04 bits per heavy atom. The van der Waals surface area contributed by atoms with Gasteiger partial charge >= 0.3 is 7.82 Å². The quantitative estimate of drug-likeness (QED) is 0.345. The van der Waals surface area contributed by atoms with Crippen LogP contribution in [0.2, 0.25) is 0 Å². The fourth-order valence-corrected chi connectivity index (χ4v) is 2.90. The van der Waals surface area contributed by atoms with Gasteiger partial charge in [-0.15, -0.1) is 0 Å². The Balaban J connectivity index is 2.02. The van der Waals surface area contributed by atoms with E-state index in [9.17, 15) is 19.5 Å². The minimum Gasteiger partial charge on any atom is -0.403 e. The lowest BCUT2D eigenvalue weighted by Gasteiger charge is -2.13. The van der Waals surface area contributed by atoms with E-state index in [1.807, 2.05) is 0 Å². The van der Waals surface area contributed by atoms with Crippen molar-refractivity contribution in [2.45, 2.75) is 0 Å². The maximum Gasteiger partial charge on any atom is 0.524 e. The van der Waals surface area contributed by atoms with Crippen molar-refractivity contribution >= 4 is 35.9 Å². The molecule has 0 fully saturated rings. The molecule has 0 bridgehead atoms. The number of fused-ring (bicyclic) bond motifs is 1. The van der Waals surface area contributed by atoms with E-state index in [4.69, 9.17) is 9.79 Å². The Labute approximate surface area is 152 Å². The third-order valence-electron chi connectivity index (χ3n) is 3.62. The number of amides is 1. The number of nitro benzene ring substituents is 1. The zero-order valence-electron chi connectivity index (χ0n) is 13.6. The molecule has 0 radical (unpaired) electrons. The number of non-ortho nitro benzene ring substituents is 1. The second kappa shape index (κ2) is 7.16. The Hall–Kier alpha value is -3.26. The van der Waals surface area contributed by atoms with Crippen LogP contribution in [0.5, 0.6) is 5.75 Å². The van der Waals surface area contributed by atoms with E-state index in [-0.39, 0.29) is 22.7 Å². The maximum atomic E-state index is 12.6. The van der Waals surface area contributed by atoms with Crippen molar-refractivity contribution in [1.29, 1.82) is 0 Å². The number of carbonyl (C=O) groups is 1. The van der Waals surface area contributed by atoms with Crippen molar-refractivity contribution in [2.24, 2.45) is 0 Å². The van der Waals surface area contributed by atoms with Gasteiger partial charge in [-0.25, -0.2) is 4.57 Å². The highest BCUT2D eigenvalue weighted by Gasteiger charge is 2.22. The number of benzene rings is 3. The molecule has 10 heteroatoms. The summed E-state index contributed by atoms with van der Waals surface area (Å²) in [6, 6.07) is 15.0. The molecule has 0 spiro atoms. The van der Waals surface area contributed by atoms with Crippen LogP contribution in [0.4, 0.5) is 11.4 Å². The van der Waals surface area contributed by atoms with Crippen molar-refractivity contribution in [3.05, 3.63) is 76.3 Å². The molecule has 1 amide bonds. The molecule has 3 aromatic carbocycles. The fraction of sp³-hybridized carbons (Fsp3) is 0. The number of nitrogens with one attached hydrogen (secondary N) is 1. The van der Waals surface area contributed by atoms with Gasteiger partial charge in [0, 0.05) is 17.8 Å². The van der Waals surface area contributed by atoms with Gasteiger partial charge in [-0.2, -0.15) is 0 Å². The number of hydrogen-bond donors (Lipinski definition) is 3. The van der Waals surface area contributed by atoms with Crippen LogP contribution in [-0.4, -0.2) is 20.6 Å². The fourth-order valence-electron chi connectivity index (χ4n) is 2.50. The van der Waals surface area contributed by atoms with Gasteiger partial charge in [0.25, 0.3) is 11.6 Å². The molecule has 138 valence electrons. The van der Waals surface area contributed by atoms with E-state index in [1.54, 1.807) is 24.3 Å². The van der Waals surface area contributed by atoms with Gasteiger partial charge in [0.15, 0.2) is 0 Å². The molecule has 9 nitrogen and oxygen atoms in total. The second-order valence-electron chi connectivity index (χ2n) is 5.54. The van der Waals surface area contributed by atoms with Crippen LogP contribution in [0.15, 0.2) is 60.7 Å². The normalized spacial score (nSPS) is 11.2. The van der Waals surface area contributed by atoms with Crippen molar-refractivity contribution in [3.8, 4) is 5.75 Å². The molecule has 0 aliphatic rings. The minimum atomic E-state index is -4.90. The molecule has 0 aliphatic carbocycles. The summed E-state index contributed by atoms with van der Waals surface area (Å²) in [6.07, 6.45) is 0. The Morgan fingerprint density at radius 3 is 2.33 bits per heavy atom. The summed E-state index contributed by atoms with van der Waals surface area (Å²) in [4.78, 5) is 41.1. The van der Waals surface area contributed by atoms with Gasteiger partial charge in [-0.3, -0.25) is 24.7 Å². The highest BCUT2D eigenvalue weighted by Crippen LogP contribution is 2.40. The van der Waals surface area contributed by atoms with Crippen molar-refractivity contribution in [3.63, 3.8) is 0 Å². The monoisotopic (exact) mass is 388 g/mol. The molecule has 0 saturated carbocycles. The summed E-state index contributed by atoms with van der Waals surface area (Å²) < 4.78 is 15.9. The first-order valence-corrected chi connectivity index (χ1v) is 9.10. The minimum absolute atomic E-state index is 0.122. The van der Waals surface area contributed by atoms with E-state index in [0.29, 0.717) is 10.8 Å². The second-order valence-corrected chi connectivity index (χ2v) is 6.70. The highest BCUT2D eigenvalue weighted by molar-refractivity contribution is 7.46. The summed E-state index contributed by atoms with van der Waals surface area (Å²) in [6.45, 7) is 0. The molecule has 0 heterocycles. The van der Waals surface area contributed by atoms with E-state index in [2.05, 4.69) is 9.84 Å². The lowest BCUT2D eigenvalue weighted by atomic mass is 10.1. The summed E-state index contributed by atoms with van der Waals surface area (Å²) >= 11 is 0. The van der Waals surface area contributed by atoms with Crippen LogP contribution in [-0.2, 0) is 4.57 Å². The number of rotatable bonds is 5. The van der Waals surface area contributed by atoms with Gasteiger partial charge in [0.2, 0.25) is 0 Å². The number of phosphoric acid groups is 1. The summed E-state index contributed by atoms with van der Waals surface area (Å²) in [5.41, 5.74) is -0.175. The zero-order valence-corrected chi connectivity index (χ0v) is 14.5. The number of phosphoric ester groups is 1. The molecule has 0 saturated heterocycles. The molecule has 3 rings (SSSR count). The molecular weight excluding hydrogens is 375 g/mol. The van der Waals surface area contributed by atoms with Crippen LogP contribution in [0.25, 0.3) is 10.8 Å². The number of anilines is 1. The van der Waals surface area contributed by atoms with Crippen LogP contribution in [0.3, 0.4) is 0 Å². The van der Waals surface area contributed by atoms with Crippen molar-refractivity contribution in [2.75, 3.05) is 5.32 Å². The van der Waals surface area contributed by atoms with Gasteiger partial charge in [0.05, 0.1) is 10.5 Å². The average molecular weight is 388 g/mol. The van der Waals surface area contributed by atoms with Crippen LogP contribution < -0.4 is 9.84 Å². The average Bonchev–Trinajstić information content (AvgIpc) is 2.60.